The van der Waals surface area contributed by atoms with Gasteiger partial charge in [-0.3, -0.25) is 4.79 Å². The van der Waals surface area contributed by atoms with Gasteiger partial charge in [0.2, 0.25) is 5.91 Å². The zero-order valence-electron chi connectivity index (χ0n) is 16.1. The lowest BCUT2D eigenvalue weighted by Crippen LogP contribution is -2.48. The summed E-state index contributed by atoms with van der Waals surface area (Å²) in [5.41, 5.74) is 0.484. The van der Waals surface area contributed by atoms with E-state index in [1.54, 1.807) is 7.11 Å². The van der Waals surface area contributed by atoms with Gasteiger partial charge < -0.3 is 19.5 Å². The lowest BCUT2D eigenvalue weighted by molar-refractivity contribution is -0.130. The van der Waals surface area contributed by atoms with Gasteiger partial charge >= 0.3 is 0 Å². The molecule has 0 spiro atoms. The van der Waals surface area contributed by atoms with Crippen molar-refractivity contribution in [2.24, 2.45) is 0 Å². The number of hydrogen-bond acceptors (Lipinski definition) is 4. The van der Waals surface area contributed by atoms with Gasteiger partial charge in [0.25, 0.3) is 0 Å². The minimum Gasteiger partial charge on any atom is -0.493 e. The maximum atomic E-state index is 13.0. The van der Waals surface area contributed by atoms with Crippen LogP contribution in [0.4, 0.5) is 0 Å². The first-order valence-corrected chi connectivity index (χ1v) is 9.39. The Morgan fingerprint density at radius 1 is 1.04 bits per heavy atom. The predicted molar refractivity (Wildman–Crippen MR) is 107 cm³/mol. The first-order valence-electron chi connectivity index (χ1n) is 9.39. The molecule has 0 radical (unpaired) electrons. The third-order valence-corrected chi connectivity index (χ3v) is 4.94. The second-order valence-electron chi connectivity index (χ2n) is 6.54. The molecule has 5 heteroatoms. The van der Waals surface area contributed by atoms with Crippen LogP contribution in [0, 0.1) is 11.8 Å². The summed E-state index contributed by atoms with van der Waals surface area (Å²) in [6.07, 6.45) is 1.35. The van der Waals surface area contributed by atoms with E-state index in [1.807, 2.05) is 54.6 Å². The number of para-hydroxylation sites is 2. The number of nitrogens with one attached hydrogen (secondary N) is 1. The van der Waals surface area contributed by atoms with Crippen LogP contribution in [0.1, 0.15) is 18.4 Å². The highest BCUT2D eigenvalue weighted by molar-refractivity contribution is 5.88. The lowest BCUT2D eigenvalue weighted by Gasteiger charge is -2.36. The first-order chi connectivity index (χ1) is 13.8. The van der Waals surface area contributed by atoms with Crippen LogP contribution in [-0.2, 0) is 14.9 Å². The van der Waals surface area contributed by atoms with Gasteiger partial charge in [-0.15, -0.1) is 0 Å². The molecule has 1 N–H and O–H groups in total. The lowest BCUT2D eigenvalue weighted by atomic mass is 9.73. The summed E-state index contributed by atoms with van der Waals surface area (Å²) in [6, 6.07) is 17.3. The molecule has 0 unspecified atom stereocenters. The Bertz CT molecular complexity index is 832. The van der Waals surface area contributed by atoms with Crippen LogP contribution < -0.4 is 14.8 Å². The van der Waals surface area contributed by atoms with Gasteiger partial charge in [-0.1, -0.05) is 54.3 Å². The molecule has 0 bridgehead atoms. The fourth-order valence-electron chi connectivity index (χ4n) is 3.38. The summed E-state index contributed by atoms with van der Waals surface area (Å²) in [5, 5.41) is 2.96. The fourth-order valence-corrected chi connectivity index (χ4v) is 3.38. The zero-order valence-corrected chi connectivity index (χ0v) is 16.1. The Labute approximate surface area is 166 Å². The second kappa shape index (κ2) is 9.82. The number of carbonyl (C=O) groups excluding carboxylic acids is 1. The Kier molecular flexibility index (Phi) is 6.94. The normalized spacial score (nSPS) is 15.0. The standard InChI is InChI=1S/C23H25NO4/c1-26-20-11-5-6-12-21(20)28-16-8-7-15-24-22(25)23(13-17-27-18-14-23)19-9-3-2-4-10-19/h2-6,9-12H,13-18H2,1H3,(H,24,25). The van der Waals surface area contributed by atoms with E-state index >= 15 is 0 Å². The fraction of sp³-hybridized carbons (Fsp3) is 0.348. The van der Waals surface area contributed by atoms with E-state index in [9.17, 15) is 4.79 Å². The van der Waals surface area contributed by atoms with Crippen LogP contribution in [-0.4, -0.2) is 39.4 Å². The molecular formula is C23H25NO4. The van der Waals surface area contributed by atoms with Crippen LogP contribution in [0.3, 0.4) is 0 Å². The van der Waals surface area contributed by atoms with Crippen molar-refractivity contribution in [2.75, 3.05) is 33.5 Å². The molecule has 1 aliphatic rings. The smallest absolute Gasteiger partial charge is 0.231 e. The van der Waals surface area contributed by atoms with Gasteiger partial charge in [0, 0.05) is 13.2 Å². The van der Waals surface area contributed by atoms with Gasteiger partial charge in [0.15, 0.2) is 11.5 Å². The van der Waals surface area contributed by atoms with E-state index < -0.39 is 5.41 Å². The number of hydrogen-bond donors (Lipinski definition) is 1. The highest BCUT2D eigenvalue weighted by Crippen LogP contribution is 2.35. The summed E-state index contributed by atoms with van der Waals surface area (Å²) in [4.78, 5) is 13.0. The van der Waals surface area contributed by atoms with E-state index in [2.05, 4.69) is 17.2 Å². The Morgan fingerprint density at radius 3 is 2.43 bits per heavy atom. The molecule has 146 valence electrons. The molecule has 1 heterocycles. The highest BCUT2D eigenvalue weighted by atomic mass is 16.5. The topological polar surface area (TPSA) is 56.8 Å². The van der Waals surface area contributed by atoms with Crippen LogP contribution in [0.15, 0.2) is 54.6 Å². The third kappa shape index (κ3) is 4.65. The van der Waals surface area contributed by atoms with Crippen molar-refractivity contribution < 1.29 is 19.0 Å². The van der Waals surface area contributed by atoms with Crippen LogP contribution >= 0.6 is 0 Å². The van der Waals surface area contributed by atoms with Crippen LogP contribution in [0.2, 0.25) is 0 Å². The highest BCUT2D eigenvalue weighted by Gasteiger charge is 2.41. The summed E-state index contributed by atoms with van der Waals surface area (Å²) < 4.78 is 16.3. The van der Waals surface area contributed by atoms with Crippen LogP contribution in [0.5, 0.6) is 11.5 Å². The SMILES string of the molecule is COc1ccccc1OCC#CCNC(=O)C1(c2ccccc2)CCOCC1. The molecule has 0 atom stereocenters. The van der Waals surface area contributed by atoms with Crippen molar-refractivity contribution >= 4 is 5.91 Å². The maximum absolute atomic E-state index is 13.0. The summed E-state index contributed by atoms with van der Waals surface area (Å²) in [5.74, 6) is 7.20. The molecule has 0 aromatic heterocycles. The Hall–Kier alpha value is -2.97. The summed E-state index contributed by atoms with van der Waals surface area (Å²) in [7, 11) is 1.60. The van der Waals surface area contributed by atoms with Crippen molar-refractivity contribution in [3.8, 4) is 23.3 Å². The number of amides is 1. The van der Waals surface area contributed by atoms with E-state index in [1.165, 1.54) is 0 Å². The molecule has 1 fully saturated rings. The summed E-state index contributed by atoms with van der Waals surface area (Å²) in [6.45, 7) is 1.68. The van der Waals surface area contributed by atoms with Crippen molar-refractivity contribution in [3.05, 3.63) is 60.2 Å². The number of rotatable bonds is 6. The molecule has 2 aromatic rings. The quantitative estimate of drug-likeness (QED) is 0.784. The van der Waals surface area contributed by atoms with Crippen molar-refractivity contribution in [1.29, 1.82) is 0 Å². The number of benzene rings is 2. The van der Waals surface area contributed by atoms with Crippen LogP contribution in [0.25, 0.3) is 0 Å². The molecule has 0 aliphatic carbocycles. The monoisotopic (exact) mass is 379 g/mol. The largest absolute Gasteiger partial charge is 0.493 e. The van der Waals surface area contributed by atoms with Crippen molar-refractivity contribution in [3.63, 3.8) is 0 Å². The van der Waals surface area contributed by atoms with E-state index in [-0.39, 0.29) is 19.1 Å². The maximum Gasteiger partial charge on any atom is 0.231 e. The van der Waals surface area contributed by atoms with Gasteiger partial charge in [-0.25, -0.2) is 0 Å². The molecule has 1 amide bonds. The molecule has 3 rings (SSSR count). The average Bonchev–Trinajstić information content (AvgIpc) is 2.77. The van der Waals surface area contributed by atoms with E-state index in [4.69, 9.17) is 14.2 Å². The van der Waals surface area contributed by atoms with Gasteiger partial charge in [-0.05, 0) is 30.5 Å². The Balaban J connectivity index is 1.55. The minimum absolute atomic E-state index is 0.00180. The van der Waals surface area contributed by atoms with E-state index in [0.717, 1.165) is 5.56 Å². The Morgan fingerprint density at radius 2 is 1.71 bits per heavy atom. The molecule has 1 aliphatic heterocycles. The second-order valence-corrected chi connectivity index (χ2v) is 6.54. The number of carbonyl (C=O) groups is 1. The summed E-state index contributed by atoms with van der Waals surface area (Å²) >= 11 is 0. The molecule has 0 saturated carbocycles. The minimum atomic E-state index is -0.547. The third-order valence-electron chi connectivity index (χ3n) is 4.94. The number of methoxy groups -OCH3 is 1. The average molecular weight is 379 g/mol. The van der Waals surface area contributed by atoms with Crippen molar-refractivity contribution in [2.45, 2.75) is 18.3 Å². The zero-order chi connectivity index (χ0) is 19.7. The molecule has 1 saturated heterocycles. The molecule has 28 heavy (non-hydrogen) atoms. The van der Waals surface area contributed by atoms with Crippen molar-refractivity contribution in [1.82, 2.24) is 5.32 Å². The predicted octanol–water partition coefficient (Wildman–Crippen LogP) is 2.94. The molecule has 5 nitrogen and oxygen atoms in total. The first kappa shape index (κ1) is 19.8. The van der Waals surface area contributed by atoms with Gasteiger partial charge in [0.1, 0.15) is 6.61 Å². The van der Waals surface area contributed by atoms with Gasteiger partial charge in [0.05, 0.1) is 19.1 Å². The number of ether oxygens (including phenoxy) is 3. The molecular weight excluding hydrogens is 354 g/mol. The van der Waals surface area contributed by atoms with Gasteiger partial charge in [-0.2, -0.15) is 0 Å². The van der Waals surface area contributed by atoms with E-state index in [0.29, 0.717) is 37.6 Å². The molecule has 2 aromatic carbocycles.